The van der Waals surface area contributed by atoms with Crippen LogP contribution in [0.3, 0.4) is 0 Å². The van der Waals surface area contributed by atoms with E-state index in [2.05, 4.69) is 26.3 Å². The second-order valence-electron chi connectivity index (χ2n) is 5.84. The zero-order valence-electron chi connectivity index (χ0n) is 12.7. The highest BCUT2D eigenvalue weighted by Gasteiger charge is 2.16. The Morgan fingerprint density at radius 2 is 2.30 bits per heavy atom. The monoisotopic (exact) mass is 307 g/mol. The van der Waals surface area contributed by atoms with Gasteiger partial charge in [-0.1, -0.05) is 6.42 Å². The molecule has 0 bridgehead atoms. The third kappa shape index (κ3) is 2.60. The highest BCUT2D eigenvalue weighted by molar-refractivity contribution is 6.09. The number of fused-ring (bicyclic) bond motifs is 3. The second kappa shape index (κ2) is 5.86. The lowest BCUT2D eigenvalue weighted by molar-refractivity contribution is 0.241. The molecular formula is C17H17N5O. The fourth-order valence-electron chi connectivity index (χ4n) is 3.13. The van der Waals surface area contributed by atoms with Gasteiger partial charge in [-0.2, -0.15) is 5.26 Å². The smallest absolute Gasteiger partial charge is 0.142 e. The van der Waals surface area contributed by atoms with Crippen LogP contribution in [-0.4, -0.2) is 34.1 Å². The molecule has 0 saturated carbocycles. The van der Waals surface area contributed by atoms with Crippen molar-refractivity contribution >= 4 is 21.9 Å². The number of hydrogen-bond acceptors (Lipinski definition) is 5. The molecule has 4 rings (SSSR count). The van der Waals surface area contributed by atoms with Crippen molar-refractivity contribution in [2.24, 2.45) is 0 Å². The average molecular weight is 307 g/mol. The van der Waals surface area contributed by atoms with Crippen molar-refractivity contribution in [3.63, 3.8) is 0 Å². The summed E-state index contributed by atoms with van der Waals surface area (Å²) < 4.78 is 6.07. The standard InChI is InChI=1S/C17H17N5O/c18-8-12-7-13-14(9-21-12)22-17-16(13)15(4-6-20-17)23-10-11-3-1-2-5-19-11/h4,6-7,9,11,19H,1-3,5,10H2,(H,20,22)/t11-/m0/s1. The van der Waals surface area contributed by atoms with Crippen molar-refractivity contribution in [3.8, 4) is 11.8 Å². The summed E-state index contributed by atoms with van der Waals surface area (Å²) >= 11 is 0. The van der Waals surface area contributed by atoms with Gasteiger partial charge in [0.1, 0.15) is 29.8 Å². The van der Waals surface area contributed by atoms with Gasteiger partial charge in [0.15, 0.2) is 0 Å². The maximum atomic E-state index is 9.07. The molecule has 0 spiro atoms. The third-order valence-electron chi connectivity index (χ3n) is 4.31. The van der Waals surface area contributed by atoms with Gasteiger partial charge in [-0.25, -0.2) is 9.97 Å². The Labute approximate surface area is 133 Å². The number of ether oxygens (including phenoxy) is 1. The minimum absolute atomic E-state index is 0.391. The van der Waals surface area contributed by atoms with Gasteiger partial charge < -0.3 is 15.0 Å². The van der Waals surface area contributed by atoms with Gasteiger partial charge in [0.2, 0.25) is 0 Å². The first-order valence-corrected chi connectivity index (χ1v) is 7.88. The zero-order chi connectivity index (χ0) is 15.6. The number of rotatable bonds is 3. The first-order chi connectivity index (χ1) is 11.3. The maximum Gasteiger partial charge on any atom is 0.142 e. The lowest BCUT2D eigenvalue weighted by Crippen LogP contribution is -2.38. The van der Waals surface area contributed by atoms with Crippen LogP contribution in [0.4, 0.5) is 0 Å². The van der Waals surface area contributed by atoms with Crippen LogP contribution in [0, 0.1) is 11.3 Å². The normalized spacial score (nSPS) is 18.1. The maximum absolute atomic E-state index is 9.07. The van der Waals surface area contributed by atoms with Crippen LogP contribution in [0.15, 0.2) is 24.5 Å². The summed E-state index contributed by atoms with van der Waals surface area (Å²) in [4.78, 5) is 11.7. The molecule has 0 aliphatic carbocycles. The van der Waals surface area contributed by atoms with Gasteiger partial charge in [-0.3, -0.25) is 0 Å². The quantitative estimate of drug-likeness (QED) is 0.776. The Morgan fingerprint density at radius 3 is 3.13 bits per heavy atom. The van der Waals surface area contributed by atoms with E-state index in [9.17, 15) is 0 Å². The molecule has 6 nitrogen and oxygen atoms in total. The highest BCUT2D eigenvalue weighted by atomic mass is 16.5. The Hall–Kier alpha value is -2.65. The first kappa shape index (κ1) is 14.0. The Morgan fingerprint density at radius 1 is 1.35 bits per heavy atom. The molecule has 0 radical (unpaired) electrons. The molecule has 3 aromatic rings. The largest absolute Gasteiger partial charge is 0.491 e. The van der Waals surface area contributed by atoms with E-state index in [1.165, 1.54) is 12.8 Å². The topological polar surface area (TPSA) is 86.6 Å². The number of piperidine rings is 1. The molecule has 1 atom stereocenters. The molecule has 0 aromatic carbocycles. The molecule has 4 heterocycles. The van der Waals surface area contributed by atoms with Gasteiger partial charge >= 0.3 is 0 Å². The number of nitrogens with zero attached hydrogens (tertiary/aromatic N) is 3. The van der Waals surface area contributed by atoms with E-state index in [1.807, 2.05) is 6.07 Å². The van der Waals surface area contributed by atoms with Crippen molar-refractivity contribution in [3.05, 3.63) is 30.2 Å². The van der Waals surface area contributed by atoms with Crippen LogP contribution >= 0.6 is 0 Å². The van der Waals surface area contributed by atoms with E-state index in [-0.39, 0.29) is 0 Å². The van der Waals surface area contributed by atoms with E-state index in [0.717, 1.165) is 40.7 Å². The number of aromatic amines is 1. The van der Waals surface area contributed by atoms with Crippen LogP contribution in [0.25, 0.3) is 21.9 Å². The van der Waals surface area contributed by atoms with Crippen LogP contribution in [0.2, 0.25) is 0 Å². The van der Waals surface area contributed by atoms with Crippen LogP contribution < -0.4 is 10.1 Å². The summed E-state index contributed by atoms with van der Waals surface area (Å²) in [7, 11) is 0. The molecule has 1 aliphatic rings. The number of nitriles is 1. The zero-order valence-corrected chi connectivity index (χ0v) is 12.7. The lowest BCUT2D eigenvalue weighted by Gasteiger charge is -2.23. The summed E-state index contributed by atoms with van der Waals surface area (Å²) in [5.41, 5.74) is 2.01. The van der Waals surface area contributed by atoms with E-state index in [0.29, 0.717) is 18.3 Å². The minimum atomic E-state index is 0.391. The van der Waals surface area contributed by atoms with Crippen LogP contribution in [0.5, 0.6) is 5.75 Å². The highest BCUT2D eigenvalue weighted by Crippen LogP contribution is 2.32. The van der Waals surface area contributed by atoms with Crippen molar-refractivity contribution in [1.29, 1.82) is 5.26 Å². The molecule has 116 valence electrons. The number of pyridine rings is 2. The van der Waals surface area contributed by atoms with Gasteiger partial charge in [-0.15, -0.1) is 0 Å². The molecule has 1 saturated heterocycles. The van der Waals surface area contributed by atoms with Crippen molar-refractivity contribution < 1.29 is 4.74 Å². The van der Waals surface area contributed by atoms with Gasteiger partial charge in [-0.05, 0) is 31.5 Å². The number of nitrogens with one attached hydrogen (secondary N) is 2. The Kier molecular flexibility index (Phi) is 3.56. The molecule has 23 heavy (non-hydrogen) atoms. The van der Waals surface area contributed by atoms with Crippen molar-refractivity contribution in [2.45, 2.75) is 25.3 Å². The fraction of sp³-hybridized carbons (Fsp3) is 0.353. The van der Waals surface area contributed by atoms with E-state index >= 15 is 0 Å². The molecular weight excluding hydrogens is 290 g/mol. The van der Waals surface area contributed by atoms with E-state index in [4.69, 9.17) is 10.00 Å². The second-order valence-corrected chi connectivity index (χ2v) is 5.84. The lowest BCUT2D eigenvalue weighted by atomic mass is 10.1. The summed E-state index contributed by atoms with van der Waals surface area (Å²) in [5, 5.41) is 14.4. The molecule has 1 fully saturated rings. The number of aromatic nitrogens is 3. The van der Waals surface area contributed by atoms with Gasteiger partial charge in [0, 0.05) is 17.6 Å². The molecule has 3 aromatic heterocycles. The minimum Gasteiger partial charge on any atom is -0.491 e. The van der Waals surface area contributed by atoms with E-state index < -0.39 is 0 Å². The molecule has 0 unspecified atom stereocenters. The summed E-state index contributed by atoms with van der Waals surface area (Å²) in [6, 6.07) is 6.14. The first-order valence-electron chi connectivity index (χ1n) is 7.88. The fourth-order valence-corrected chi connectivity index (χ4v) is 3.13. The molecule has 1 aliphatic heterocycles. The molecule has 2 N–H and O–H groups in total. The van der Waals surface area contributed by atoms with Gasteiger partial charge in [0.25, 0.3) is 0 Å². The number of hydrogen-bond donors (Lipinski definition) is 2. The Bertz CT molecular complexity index is 889. The van der Waals surface area contributed by atoms with Gasteiger partial charge in [0.05, 0.1) is 17.1 Å². The van der Waals surface area contributed by atoms with Crippen LogP contribution in [-0.2, 0) is 0 Å². The predicted molar refractivity (Wildman–Crippen MR) is 87.2 cm³/mol. The number of H-pyrrole nitrogens is 1. The molecule has 6 heteroatoms. The Balaban J connectivity index is 1.72. The molecule has 0 amide bonds. The third-order valence-corrected chi connectivity index (χ3v) is 4.31. The summed E-state index contributed by atoms with van der Waals surface area (Å²) in [6.45, 7) is 1.70. The SMILES string of the molecule is N#Cc1cc2c(cn1)[nH]c1nccc(OC[C@@H]3CCCCN3)c12. The van der Waals surface area contributed by atoms with Crippen molar-refractivity contribution in [1.82, 2.24) is 20.3 Å². The van der Waals surface area contributed by atoms with Crippen LogP contribution in [0.1, 0.15) is 25.0 Å². The summed E-state index contributed by atoms with van der Waals surface area (Å²) in [6.07, 6.45) is 7.03. The van der Waals surface area contributed by atoms with Crippen molar-refractivity contribution in [2.75, 3.05) is 13.2 Å². The van der Waals surface area contributed by atoms with E-state index in [1.54, 1.807) is 18.5 Å². The summed E-state index contributed by atoms with van der Waals surface area (Å²) in [5.74, 6) is 0.795. The predicted octanol–water partition coefficient (Wildman–Crippen LogP) is 2.50. The average Bonchev–Trinajstić information content (AvgIpc) is 2.99.